The van der Waals surface area contributed by atoms with Crippen LogP contribution in [0.3, 0.4) is 0 Å². The van der Waals surface area contributed by atoms with Gasteiger partial charge in [-0.1, -0.05) is 13.0 Å². The lowest BCUT2D eigenvalue weighted by Gasteiger charge is -1.81. The predicted octanol–water partition coefficient (Wildman–Crippen LogP) is 1.85. The number of hydrogen-bond donors (Lipinski definition) is 0. The molecule has 0 heterocycles. The molecule has 1 aliphatic carbocycles. The fourth-order valence-electron chi connectivity index (χ4n) is 0.525. The van der Waals surface area contributed by atoms with E-state index in [-0.39, 0.29) is 0 Å². The highest BCUT2D eigenvalue weighted by Crippen LogP contribution is 2.03. The van der Waals surface area contributed by atoms with Crippen LogP contribution in [0.25, 0.3) is 0 Å². The van der Waals surface area contributed by atoms with Crippen molar-refractivity contribution in [2.24, 2.45) is 0 Å². The van der Waals surface area contributed by atoms with Crippen LogP contribution in [0.2, 0.25) is 0 Å². The summed E-state index contributed by atoms with van der Waals surface area (Å²) >= 11 is 0. The van der Waals surface area contributed by atoms with Crippen LogP contribution in [-0.4, -0.2) is 0 Å². The maximum atomic E-state index is 2.96. The first kappa shape index (κ1) is 4.42. The van der Waals surface area contributed by atoms with Crippen molar-refractivity contribution in [3.05, 3.63) is 29.5 Å². The molecule has 7 heavy (non-hydrogen) atoms. The fourth-order valence-corrected chi connectivity index (χ4v) is 0.525. The smallest absolute Gasteiger partial charge is 0.0318 e. The Bertz CT molecular complexity index is 143. The molecule has 0 aliphatic heterocycles. The Balaban J connectivity index is 2.72. The van der Waals surface area contributed by atoms with Crippen LogP contribution >= 0.6 is 0 Å². The van der Waals surface area contributed by atoms with E-state index in [1.807, 2.05) is 12.2 Å². The van der Waals surface area contributed by atoms with Crippen molar-refractivity contribution >= 4 is 0 Å². The summed E-state index contributed by atoms with van der Waals surface area (Å²) in [6.07, 6.45) is 7.84. The highest BCUT2D eigenvalue weighted by Gasteiger charge is 1.85. The monoisotopic (exact) mass is 91.1 g/mol. The van der Waals surface area contributed by atoms with Gasteiger partial charge in [-0.15, -0.1) is 5.73 Å². The van der Waals surface area contributed by atoms with Crippen molar-refractivity contribution in [3.63, 3.8) is 0 Å². The quantitative estimate of drug-likeness (QED) is 0.432. The van der Waals surface area contributed by atoms with Gasteiger partial charge in [-0.05, 0) is 18.1 Å². The standard InChI is InChI=1S/C7H7/c1-2-7-5-3-4-6-7/h3,5H,2H2,1H3. The molecule has 0 nitrogen and oxygen atoms in total. The molecule has 0 bridgehead atoms. The van der Waals surface area contributed by atoms with Crippen molar-refractivity contribution in [1.29, 1.82) is 0 Å². The Morgan fingerprint density at radius 2 is 2.57 bits per heavy atom. The van der Waals surface area contributed by atoms with Gasteiger partial charge in [0.05, 0.1) is 0 Å². The van der Waals surface area contributed by atoms with E-state index in [1.165, 1.54) is 5.57 Å². The summed E-state index contributed by atoms with van der Waals surface area (Å²) in [4.78, 5) is 0. The second-order valence-corrected chi connectivity index (χ2v) is 1.48. The Kier molecular flexibility index (Phi) is 1.14. The Labute approximate surface area is 43.9 Å². The number of hydrogen-bond acceptors (Lipinski definition) is 0. The van der Waals surface area contributed by atoms with E-state index in [2.05, 4.69) is 18.7 Å². The van der Waals surface area contributed by atoms with Gasteiger partial charge >= 0.3 is 0 Å². The van der Waals surface area contributed by atoms with Crippen molar-refractivity contribution in [2.45, 2.75) is 13.3 Å². The van der Waals surface area contributed by atoms with Crippen molar-refractivity contribution < 1.29 is 0 Å². The van der Waals surface area contributed by atoms with Gasteiger partial charge in [0.2, 0.25) is 0 Å². The van der Waals surface area contributed by atoms with E-state index in [0.29, 0.717) is 0 Å². The molecule has 0 N–H and O–H groups in total. The van der Waals surface area contributed by atoms with Gasteiger partial charge in [0.15, 0.2) is 0 Å². The summed E-state index contributed by atoms with van der Waals surface area (Å²) in [5.41, 5.74) is 4.21. The highest BCUT2D eigenvalue weighted by molar-refractivity contribution is 5.24. The lowest BCUT2D eigenvalue weighted by Crippen LogP contribution is -1.62. The third-order valence-corrected chi connectivity index (χ3v) is 0.981. The highest BCUT2D eigenvalue weighted by atomic mass is 13.9. The molecule has 0 heteroatoms. The summed E-state index contributed by atoms with van der Waals surface area (Å²) in [7, 11) is 0. The first-order valence-corrected chi connectivity index (χ1v) is 2.47. The van der Waals surface area contributed by atoms with Gasteiger partial charge in [0, 0.05) is 6.08 Å². The molecule has 1 aliphatic rings. The minimum atomic E-state index is 1.07. The zero-order chi connectivity index (χ0) is 5.11. The Morgan fingerprint density at radius 1 is 1.71 bits per heavy atom. The van der Waals surface area contributed by atoms with E-state index in [9.17, 15) is 0 Å². The van der Waals surface area contributed by atoms with E-state index >= 15 is 0 Å². The zero-order valence-electron chi connectivity index (χ0n) is 4.36. The van der Waals surface area contributed by atoms with E-state index in [1.54, 1.807) is 0 Å². The SMILES string of the molecule is CCC1=C=[C]C=C1. The third-order valence-electron chi connectivity index (χ3n) is 0.981. The first-order chi connectivity index (χ1) is 3.43. The van der Waals surface area contributed by atoms with Gasteiger partial charge in [-0.25, -0.2) is 0 Å². The summed E-state index contributed by atoms with van der Waals surface area (Å²) in [6.45, 7) is 2.11. The lowest BCUT2D eigenvalue weighted by molar-refractivity contribution is 1.16. The van der Waals surface area contributed by atoms with Gasteiger partial charge in [0.1, 0.15) is 0 Å². The molecule has 0 fully saturated rings. The molecular weight excluding hydrogens is 84.1 g/mol. The molecule has 35 valence electrons. The molecule has 0 unspecified atom stereocenters. The van der Waals surface area contributed by atoms with E-state index in [4.69, 9.17) is 0 Å². The van der Waals surface area contributed by atoms with Gasteiger partial charge in [-0.3, -0.25) is 0 Å². The second-order valence-electron chi connectivity index (χ2n) is 1.48. The van der Waals surface area contributed by atoms with Crippen LogP contribution in [-0.2, 0) is 0 Å². The Hall–Kier alpha value is -0.740. The molecule has 0 saturated carbocycles. The van der Waals surface area contributed by atoms with Crippen LogP contribution in [0.5, 0.6) is 0 Å². The molecule has 1 radical (unpaired) electrons. The molecule has 0 spiro atoms. The second kappa shape index (κ2) is 1.81. The van der Waals surface area contributed by atoms with Crippen molar-refractivity contribution in [2.75, 3.05) is 0 Å². The maximum Gasteiger partial charge on any atom is 0.0318 e. The molecule has 1 rings (SSSR count). The van der Waals surface area contributed by atoms with Crippen LogP contribution in [0.15, 0.2) is 23.5 Å². The summed E-state index contributed by atoms with van der Waals surface area (Å²) in [5.74, 6) is 0. The summed E-state index contributed by atoms with van der Waals surface area (Å²) < 4.78 is 0. The summed E-state index contributed by atoms with van der Waals surface area (Å²) in [5, 5.41) is 0. The van der Waals surface area contributed by atoms with Gasteiger partial charge in [0.25, 0.3) is 0 Å². The van der Waals surface area contributed by atoms with Crippen molar-refractivity contribution in [3.8, 4) is 0 Å². The molecule has 0 saturated heterocycles. The largest absolute Gasteiger partial charge is 0.108 e. The van der Waals surface area contributed by atoms with E-state index in [0.717, 1.165) is 6.42 Å². The van der Waals surface area contributed by atoms with Crippen LogP contribution < -0.4 is 0 Å². The minimum Gasteiger partial charge on any atom is -0.108 e. The van der Waals surface area contributed by atoms with Crippen LogP contribution in [0.1, 0.15) is 13.3 Å². The van der Waals surface area contributed by atoms with Crippen LogP contribution in [0, 0.1) is 6.08 Å². The van der Waals surface area contributed by atoms with Gasteiger partial charge in [-0.2, -0.15) is 0 Å². The normalized spacial score (nSPS) is 15.3. The summed E-state index contributed by atoms with van der Waals surface area (Å²) in [6, 6.07) is 0. The predicted molar refractivity (Wildman–Crippen MR) is 29.7 cm³/mol. The minimum absolute atomic E-state index is 1.07. The maximum absolute atomic E-state index is 2.96. The molecule has 0 aromatic rings. The zero-order valence-corrected chi connectivity index (χ0v) is 4.36. The molecule has 0 atom stereocenters. The van der Waals surface area contributed by atoms with E-state index < -0.39 is 0 Å². The lowest BCUT2D eigenvalue weighted by atomic mass is 10.2. The third kappa shape index (κ3) is 0.819. The molecule has 0 amide bonds. The topological polar surface area (TPSA) is 0 Å². The number of rotatable bonds is 1. The molecular formula is C7H7. The van der Waals surface area contributed by atoms with Crippen LogP contribution in [0.4, 0.5) is 0 Å². The molecule has 0 aromatic heterocycles. The Morgan fingerprint density at radius 3 is 2.86 bits per heavy atom. The fraction of sp³-hybridized carbons (Fsp3) is 0.286. The number of allylic oxidation sites excluding steroid dienone is 3. The van der Waals surface area contributed by atoms with Gasteiger partial charge < -0.3 is 0 Å². The molecule has 0 aromatic carbocycles. The van der Waals surface area contributed by atoms with Crippen molar-refractivity contribution in [1.82, 2.24) is 0 Å². The average Bonchev–Trinajstić information content (AvgIpc) is 2.14. The first-order valence-electron chi connectivity index (χ1n) is 2.47. The average molecular weight is 91.1 g/mol.